The highest BCUT2D eigenvalue weighted by molar-refractivity contribution is 5.79. The second-order valence-corrected chi connectivity index (χ2v) is 5.03. The average molecular weight is 228 g/mol. The molecule has 0 aromatic carbocycles. The van der Waals surface area contributed by atoms with Gasteiger partial charge in [0.15, 0.2) is 0 Å². The number of hydrogen-bond donors (Lipinski definition) is 1. The summed E-state index contributed by atoms with van der Waals surface area (Å²) in [5.74, 6) is 0.680. The first kappa shape index (κ1) is 13.5. The van der Waals surface area contributed by atoms with Gasteiger partial charge in [0.1, 0.15) is 0 Å². The number of hydrogen-bond acceptors (Lipinski definition) is 3. The Morgan fingerprint density at radius 1 is 1.50 bits per heavy atom. The van der Waals surface area contributed by atoms with E-state index in [1.54, 1.807) is 0 Å². The molecule has 1 amide bonds. The van der Waals surface area contributed by atoms with Gasteiger partial charge >= 0.3 is 0 Å². The van der Waals surface area contributed by atoms with Gasteiger partial charge in [-0.2, -0.15) is 0 Å². The van der Waals surface area contributed by atoms with Crippen molar-refractivity contribution in [2.45, 2.75) is 33.2 Å². The van der Waals surface area contributed by atoms with Crippen molar-refractivity contribution in [1.29, 1.82) is 0 Å². The largest absolute Gasteiger partial charge is 0.377 e. The zero-order valence-corrected chi connectivity index (χ0v) is 10.6. The van der Waals surface area contributed by atoms with Crippen LogP contribution in [0.2, 0.25) is 0 Å². The molecule has 2 atom stereocenters. The molecular formula is C12H24N2O2. The molecule has 0 radical (unpaired) electrons. The van der Waals surface area contributed by atoms with E-state index in [2.05, 4.69) is 13.8 Å². The van der Waals surface area contributed by atoms with Gasteiger partial charge in [0, 0.05) is 19.0 Å². The Bertz CT molecular complexity index is 231. The van der Waals surface area contributed by atoms with E-state index in [0.29, 0.717) is 32.2 Å². The van der Waals surface area contributed by atoms with Crippen molar-refractivity contribution in [1.82, 2.24) is 4.90 Å². The number of rotatable bonds is 4. The minimum atomic E-state index is -0.0761. The van der Waals surface area contributed by atoms with Crippen molar-refractivity contribution in [3.63, 3.8) is 0 Å². The predicted octanol–water partition coefficient (Wildman–Crippen LogP) is 0.855. The maximum absolute atomic E-state index is 12.1. The Kier molecular flexibility index (Phi) is 5.22. The summed E-state index contributed by atoms with van der Waals surface area (Å²) in [7, 11) is 0. The topological polar surface area (TPSA) is 55.6 Å². The van der Waals surface area contributed by atoms with E-state index in [-0.39, 0.29) is 17.9 Å². The molecule has 94 valence electrons. The second-order valence-electron chi connectivity index (χ2n) is 5.03. The van der Waals surface area contributed by atoms with E-state index < -0.39 is 0 Å². The van der Waals surface area contributed by atoms with E-state index >= 15 is 0 Å². The molecule has 0 aliphatic carbocycles. The smallest absolute Gasteiger partial charge is 0.227 e. The van der Waals surface area contributed by atoms with Crippen LogP contribution in [0.3, 0.4) is 0 Å². The van der Waals surface area contributed by atoms with Gasteiger partial charge < -0.3 is 15.4 Å². The lowest BCUT2D eigenvalue weighted by atomic mass is 10.0. The molecule has 1 aliphatic heterocycles. The fourth-order valence-electron chi connectivity index (χ4n) is 2.07. The van der Waals surface area contributed by atoms with Crippen molar-refractivity contribution in [3.8, 4) is 0 Å². The van der Waals surface area contributed by atoms with Crippen LogP contribution >= 0.6 is 0 Å². The Morgan fingerprint density at radius 2 is 2.19 bits per heavy atom. The molecule has 0 aromatic rings. The monoisotopic (exact) mass is 228 g/mol. The quantitative estimate of drug-likeness (QED) is 0.776. The van der Waals surface area contributed by atoms with Gasteiger partial charge in [-0.3, -0.25) is 4.79 Å². The van der Waals surface area contributed by atoms with E-state index in [0.717, 1.165) is 6.42 Å². The van der Waals surface area contributed by atoms with Crippen molar-refractivity contribution in [2.75, 3.05) is 26.3 Å². The van der Waals surface area contributed by atoms with Gasteiger partial charge in [-0.25, -0.2) is 0 Å². The third-order valence-electron chi connectivity index (χ3n) is 3.03. The zero-order valence-electron chi connectivity index (χ0n) is 10.6. The Balaban J connectivity index is 2.62. The zero-order chi connectivity index (χ0) is 12.1. The minimum absolute atomic E-state index is 0.0761. The average Bonchev–Trinajstić information content (AvgIpc) is 2.27. The van der Waals surface area contributed by atoms with Crippen LogP contribution in [0.4, 0.5) is 0 Å². The molecule has 1 aliphatic rings. The van der Waals surface area contributed by atoms with Gasteiger partial charge in [0.05, 0.1) is 19.3 Å². The third-order valence-corrected chi connectivity index (χ3v) is 3.03. The van der Waals surface area contributed by atoms with Gasteiger partial charge in [0.2, 0.25) is 5.91 Å². The van der Waals surface area contributed by atoms with Crippen LogP contribution in [0, 0.1) is 11.8 Å². The summed E-state index contributed by atoms with van der Waals surface area (Å²) in [6.45, 7) is 8.68. The van der Waals surface area contributed by atoms with E-state index in [4.69, 9.17) is 10.5 Å². The van der Waals surface area contributed by atoms with E-state index in [1.165, 1.54) is 0 Å². The summed E-state index contributed by atoms with van der Waals surface area (Å²) in [6.07, 6.45) is 1.00. The van der Waals surface area contributed by atoms with Crippen LogP contribution in [0.25, 0.3) is 0 Å². The summed E-state index contributed by atoms with van der Waals surface area (Å²) in [6, 6.07) is 0.232. The van der Waals surface area contributed by atoms with Crippen LogP contribution in [0.15, 0.2) is 0 Å². The third kappa shape index (κ3) is 3.46. The molecule has 1 rings (SSSR count). The number of nitrogens with zero attached hydrogens (tertiary/aromatic N) is 1. The SMILES string of the molecule is CC(C)CC1COCCN1C(=O)C(C)CN. The van der Waals surface area contributed by atoms with Crippen LogP contribution in [0.1, 0.15) is 27.2 Å². The molecule has 1 saturated heterocycles. The Labute approximate surface area is 98.1 Å². The van der Waals surface area contributed by atoms with Crippen LogP contribution in [0.5, 0.6) is 0 Å². The normalized spacial score (nSPS) is 23.6. The molecule has 0 spiro atoms. The number of morpholine rings is 1. The van der Waals surface area contributed by atoms with Crippen molar-refractivity contribution >= 4 is 5.91 Å². The van der Waals surface area contributed by atoms with Gasteiger partial charge in [-0.15, -0.1) is 0 Å². The summed E-state index contributed by atoms with van der Waals surface area (Å²) >= 11 is 0. The van der Waals surface area contributed by atoms with Crippen molar-refractivity contribution < 1.29 is 9.53 Å². The number of carbonyl (C=O) groups excluding carboxylic acids is 1. The molecule has 0 saturated carbocycles. The van der Waals surface area contributed by atoms with E-state index in [9.17, 15) is 4.79 Å². The number of carbonyl (C=O) groups is 1. The molecule has 1 fully saturated rings. The summed E-state index contributed by atoms with van der Waals surface area (Å²) in [4.78, 5) is 14.1. The maximum Gasteiger partial charge on any atom is 0.227 e. The van der Waals surface area contributed by atoms with Crippen LogP contribution in [-0.2, 0) is 9.53 Å². The standard InChI is InChI=1S/C12H24N2O2/c1-9(2)6-11-8-16-5-4-14(11)12(15)10(3)7-13/h9-11H,4-8,13H2,1-3H3. The Hall–Kier alpha value is -0.610. The first-order valence-electron chi connectivity index (χ1n) is 6.14. The lowest BCUT2D eigenvalue weighted by Gasteiger charge is -2.37. The van der Waals surface area contributed by atoms with Crippen molar-refractivity contribution in [2.24, 2.45) is 17.6 Å². The van der Waals surface area contributed by atoms with Gasteiger partial charge in [0.25, 0.3) is 0 Å². The molecule has 2 unspecified atom stereocenters. The van der Waals surface area contributed by atoms with Crippen molar-refractivity contribution in [3.05, 3.63) is 0 Å². The fraction of sp³-hybridized carbons (Fsp3) is 0.917. The van der Waals surface area contributed by atoms with Crippen LogP contribution in [-0.4, -0.2) is 43.2 Å². The highest BCUT2D eigenvalue weighted by Gasteiger charge is 2.29. The minimum Gasteiger partial charge on any atom is -0.377 e. The number of amides is 1. The lowest BCUT2D eigenvalue weighted by molar-refractivity contribution is -0.144. The first-order chi connectivity index (χ1) is 7.56. The van der Waals surface area contributed by atoms with Gasteiger partial charge in [-0.05, 0) is 12.3 Å². The lowest BCUT2D eigenvalue weighted by Crippen LogP contribution is -2.51. The predicted molar refractivity (Wildman–Crippen MR) is 64.0 cm³/mol. The second kappa shape index (κ2) is 6.21. The molecule has 0 bridgehead atoms. The fourth-order valence-corrected chi connectivity index (χ4v) is 2.07. The summed E-state index contributed by atoms with van der Waals surface area (Å²) < 4.78 is 5.45. The Morgan fingerprint density at radius 3 is 2.75 bits per heavy atom. The molecular weight excluding hydrogens is 204 g/mol. The molecule has 4 nitrogen and oxygen atoms in total. The van der Waals surface area contributed by atoms with Crippen LogP contribution < -0.4 is 5.73 Å². The summed E-state index contributed by atoms with van der Waals surface area (Å²) in [5, 5.41) is 0. The molecule has 16 heavy (non-hydrogen) atoms. The first-order valence-corrected chi connectivity index (χ1v) is 6.14. The summed E-state index contributed by atoms with van der Waals surface area (Å²) in [5.41, 5.74) is 5.55. The number of nitrogens with two attached hydrogens (primary N) is 1. The molecule has 4 heteroatoms. The molecule has 1 heterocycles. The molecule has 2 N–H and O–H groups in total. The highest BCUT2D eigenvalue weighted by atomic mass is 16.5. The highest BCUT2D eigenvalue weighted by Crippen LogP contribution is 2.17. The number of ether oxygens (including phenoxy) is 1. The maximum atomic E-state index is 12.1. The van der Waals surface area contributed by atoms with E-state index in [1.807, 2.05) is 11.8 Å². The van der Waals surface area contributed by atoms with Gasteiger partial charge in [-0.1, -0.05) is 20.8 Å². The molecule has 0 aromatic heterocycles.